The molecular formula is C15H10BrNO. The lowest BCUT2D eigenvalue weighted by molar-refractivity contribution is 0.467. The first-order valence-electron chi connectivity index (χ1n) is 5.61. The van der Waals surface area contributed by atoms with E-state index in [1.165, 1.54) is 0 Å². The van der Waals surface area contributed by atoms with Gasteiger partial charge >= 0.3 is 0 Å². The van der Waals surface area contributed by atoms with Gasteiger partial charge in [-0.15, -0.1) is 0 Å². The van der Waals surface area contributed by atoms with Gasteiger partial charge in [-0.3, -0.25) is 0 Å². The van der Waals surface area contributed by atoms with E-state index in [0.29, 0.717) is 5.88 Å². The van der Waals surface area contributed by atoms with E-state index in [1.54, 1.807) is 0 Å². The van der Waals surface area contributed by atoms with Crippen molar-refractivity contribution in [2.45, 2.75) is 0 Å². The number of nitrogens with zero attached hydrogens (tertiary/aromatic N) is 1. The Bertz CT molecular complexity index is 691. The molecule has 1 aromatic heterocycles. The van der Waals surface area contributed by atoms with Gasteiger partial charge in [0.2, 0.25) is 5.88 Å². The Hall–Kier alpha value is -1.87. The first kappa shape index (κ1) is 11.2. The standard InChI is InChI=1S/C15H10BrNO/c16-14-9-4-10-15(17-14)18-13-8-3-6-11-5-1-2-7-12(11)13/h1-10H. The molecule has 0 amide bonds. The van der Waals surface area contributed by atoms with E-state index >= 15 is 0 Å². The summed E-state index contributed by atoms with van der Waals surface area (Å²) < 4.78 is 6.60. The van der Waals surface area contributed by atoms with Gasteiger partial charge in [0.25, 0.3) is 0 Å². The fourth-order valence-corrected chi connectivity index (χ4v) is 2.17. The molecule has 3 heteroatoms. The molecule has 0 spiro atoms. The van der Waals surface area contributed by atoms with Crippen molar-refractivity contribution in [2.75, 3.05) is 0 Å². The van der Waals surface area contributed by atoms with Gasteiger partial charge in [0.1, 0.15) is 10.4 Å². The number of benzene rings is 2. The number of ether oxygens (including phenoxy) is 1. The second-order valence-corrected chi connectivity index (χ2v) is 4.69. The van der Waals surface area contributed by atoms with Crippen LogP contribution in [0.1, 0.15) is 0 Å². The van der Waals surface area contributed by atoms with E-state index in [4.69, 9.17) is 4.74 Å². The number of aromatic nitrogens is 1. The van der Waals surface area contributed by atoms with E-state index in [2.05, 4.69) is 33.0 Å². The Balaban J connectivity index is 2.05. The van der Waals surface area contributed by atoms with E-state index in [1.807, 2.05) is 48.5 Å². The average molecular weight is 300 g/mol. The van der Waals surface area contributed by atoms with Gasteiger partial charge in [-0.2, -0.15) is 0 Å². The number of fused-ring (bicyclic) bond motifs is 1. The Morgan fingerprint density at radius 2 is 1.61 bits per heavy atom. The topological polar surface area (TPSA) is 22.1 Å². The molecule has 88 valence electrons. The highest BCUT2D eigenvalue weighted by molar-refractivity contribution is 9.10. The van der Waals surface area contributed by atoms with Gasteiger partial charge in [-0.05, 0) is 33.4 Å². The summed E-state index contributed by atoms with van der Waals surface area (Å²) in [6.45, 7) is 0. The second kappa shape index (κ2) is 4.78. The Kier molecular flexibility index (Phi) is 2.99. The van der Waals surface area contributed by atoms with Crippen LogP contribution in [0.5, 0.6) is 11.6 Å². The Morgan fingerprint density at radius 3 is 2.50 bits per heavy atom. The maximum Gasteiger partial charge on any atom is 0.220 e. The normalized spacial score (nSPS) is 10.5. The molecule has 0 aliphatic carbocycles. The zero-order valence-electron chi connectivity index (χ0n) is 9.51. The van der Waals surface area contributed by atoms with Crippen molar-refractivity contribution >= 4 is 26.7 Å². The molecule has 3 rings (SSSR count). The molecule has 0 N–H and O–H groups in total. The predicted octanol–water partition coefficient (Wildman–Crippen LogP) is 4.79. The summed E-state index contributed by atoms with van der Waals surface area (Å²) in [7, 11) is 0. The maximum atomic E-state index is 5.83. The molecule has 0 bridgehead atoms. The smallest absolute Gasteiger partial charge is 0.220 e. The van der Waals surface area contributed by atoms with Gasteiger partial charge in [0, 0.05) is 11.5 Å². The van der Waals surface area contributed by atoms with Gasteiger partial charge in [-0.25, -0.2) is 4.98 Å². The molecule has 1 heterocycles. The van der Waals surface area contributed by atoms with Gasteiger partial charge < -0.3 is 4.74 Å². The minimum Gasteiger partial charge on any atom is -0.438 e. The number of hydrogen-bond donors (Lipinski definition) is 0. The summed E-state index contributed by atoms with van der Waals surface area (Å²) >= 11 is 3.33. The van der Waals surface area contributed by atoms with E-state index < -0.39 is 0 Å². The molecule has 3 aromatic rings. The van der Waals surface area contributed by atoms with Crippen molar-refractivity contribution < 1.29 is 4.74 Å². The molecule has 18 heavy (non-hydrogen) atoms. The van der Waals surface area contributed by atoms with Crippen molar-refractivity contribution in [1.82, 2.24) is 4.98 Å². The highest BCUT2D eigenvalue weighted by atomic mass is 79.9. The summed E-state index contributed by atoms with van der Waals surface area (Å²) in [5, 5.41) is 2.24. The molecule has 0 fully saturated rings. The zero-order valence-corrected chi connectivity index (χ0v) is 11.1. The monoisotopic (exact) mass is 299 g/mol. The Morgan fingerprint density at radius 1 is 0.833 bits per heavy atom. The van der Waals surface area contributed by atoms with Gasteiger partial charge in [-0.1, -0.05) is 42.5 Å². The highest BCUT2D eigenvalue weighted by Gasteiger charge is 2.03. The fourth-order valence-electron chi connectivity index (χ4n) is 1.84. The van der Waals surface area contributed by atoms with Crippen LogP contribution < -0.4 is 4.74 Å². The van der Waals surface area contributed by atoms with Crippen molar-refractivity contribution in [3.05, 3.63) is 65.3 Å². The zero-order chi connectivity index (χ0) is 12.4. The molecule has 0 unspecified atom stereocenters. The van der Waals surface area contributed by atoms with Crippen LogP contribution in [0, 0.1) is 0 Å². The molecular weight excluding hydrogens is 290 g/mol. The van der Waals surface area contributed by atoms with E-state index in [0.717, 1.165) is 21.1 Å². The SMILES string of the molecule is Brc1cccc(Oc2cccc3ccccc23)n1. The first-order chi connectivity index (χ1) is 8.83. The molecule has 0 aliphatic heterocycles. The number of hydrogen-bond acceptors (Lipinski definition) is 2. The second-order valence-electron chi connectivity index (χ2n) is 3.88. The third-order valence-electron chi connectivity index (χ3n) is 2.65. The number of pyridine rings is 1. The summed E-state index contributed by atoms with van der Waals surface area (Å²) in [6, 6.07) is 19.7. The van der Waals surface area contributed by atoms with Crippen molar-refractivity contribution in [3.8, 4) is 11.6 Å². The largest absolute Gasteiger partial charge is 0.438 e. The third-order valence-corrected chi connectivity index (χ3v) is 3.10. The Labute approximate surface area is 113 Å². The fraction of sp³-hybridized carbons (Fsp3) is 0. The molecule has 0 saturated heterocycles. The van der Waals surface area contributed by atoms with Crippen molar-refractivity contribution in [3.63, 3.8) is 0 Å². The lowest BCUT2D eigenvalue weighted by atomic mass is 10.1. The first-order valence-corrected chi connectivity index (χ1v) is 6.40. The van der Waals surface area contributed by atoms with Crippen LogP contribution in [-0.2, 0) is 0 Å². The predicted molar refractivity (Wildman–Crippen MR) is 76.0 cm³/mol. The van der Waals surface area contributed by atoms with E-state index in [-0.39, 0.29) is 0 Å². The molecule has 2 nitrogen and oxygen atoms in total. The quantitative estimate of drug-likeness (QED) is 0.635. The molecule has 2 aromatic carbocycles. The number of rotatable bonds is 2. The van der Waals surface area contributed by atoms with E-state index in [9.17, 15) is 0 Å². The molecule has 0 atom stereocenters. The van der Waals surface area contributed by atoms with Crippen LogP contribution in [0.25, 0.3) is 10.8 Å². The lowest BCUT2D eigenvalue weighted by Gasteiger charge is -2.08. The van der Waals surface area contributed by atoms with Crippen LogP contribution in [0.2, 0.25) is 0 Å². The van der Waals surface area contributed by atoms with Crippen molar-refractivity contribution in [2.24, 2.45) is 0 Å². The number of halogens is 1. The summed E-state index contributed by atoms with van der Waals surface area (Å²) in [5.41, 5.74) is 0. The minimum absolute atomic E-state index is 0.584. The third kappa shape index (κ3) is 2.22. The van der Waals surface area contributed by atoms with Crippen LogP contribution >= 0.6 is 15.9 Å². The molecule has 0 radical (unpaired) electrons. The summed E-state index contributed by atoms with van der Waals surface area (Å²) in [6.07, 6.45) is 0. The van der Waals surface area contributed by atoms with Crippen LogP contribution in [0.3, 0.4) is 0 Å². The molecule has 0 aliphatic rings. The van der Waals surface area contributed by atoms with Gasteiger partial charge in [0.15, 0.2) is 0 Å². The lowest BCUT2D eigenvalue weighted by Crippen LogP contribution is -1.88. The van der Waals surface area contributed by atoms with Gasteiger partial charge in [0.05, 0.1) is 0 Å². The molecule has 0 saturated carbocycles. The van der Waals surface area contributed by atoms with Crippen LogP contribution in [0.15, 0.2) is 65.3 Å². The summed E-state index contributed by atoms with van der Waals surface area (Å²) in [5.74, 6) is 1.40. The van der Waals surface area contributed by atoms with Crippen LogP contribution in [0.4, 0.5) is 0 Å². The maximum absolute atomic E-state index is 5.83. The highest BCUT2D eigenvalue weighted by Crippen LogP contribution is 2.29. The minimum atomic E-state index is 0.584. The van der Waals surface area contributed by atoms with Crippen LogP contribution in [-0.4, -0.2) is 4.98 Å². The summed E-state index contributed by atoms with van der Waals surface area (Å²) in [4.78, 5) is 4.27. The van der Waals surface area contributed by atoms with Crippen molar-refractivity contribution in [1.29, 1.82) is 0 Å². The average Bonchev–Trinajstić information content (AvgIpc) is 2.39.